The Kier molecular flexibility index (Phi) is 6.67. The lowest BCUT2D eigenvalue weighted by Crippen LogP contribution is -2.34. The van der Waals surface area contributed by atoms with Gasteiger partial charge in [-0.15, -0.1) is 0 Å². The van der Waals surface area contributed by atoms with Crippen LogP contribution in [0.5, 0.6) is 11.5 Å². The van der Waals surface area contributed by atoms with Crippen molar-refractivity contribution in [2.45, 2.75) is 39.3 Å². The number of carbonyl (C=O) groups is 1. The predicted molar refractivity (Wildman–Crippen MR) is 95.4 cm³/mol. The van der Waals surface area contributed by atoms with Crippen LogP contribution in [-0.4, -0.2) is 19.1 Å². The summed E-state index contributed by atoms with van der Waals surface area (Å²) in [7, 11) is 1.64. The maximum Gasteiger partial charge on any atom is 0.217 e. The summed E-state index contributed by atoms with van der Waals surface area (Å²) < 4.78 is 11.3. The number of benzene rings is 2. The Hall–Kier alpha value is -2.49. The van der Waals surface area contributed by atoms with Crippen LogP contribution in [0.3, 0.4) is 0 Å². The first-order chi connectivity index (χ1) is 11.6. The highest BCUT2D eigenvalue weighted by atomic mass is 16.5. The van der Waals surface area contributed by atoms with Crippen molar-refractivity contribution in [3.05, 3.63) is 59.7 Å². The van der Waals surface area contributed by atoms with E-state index in [1.54, 1.807) is 14.0 Å². The number of hydrogen-bond donors (Lipinski definition) is 1. The van der Waals surface area contributed by atoms with Gasteiger partial charge in [0.05, 0.1) is 7.11 Å². The Morgan fingerprint density at radius 3 is 2.46 bits per heavy atom. The molecule has 2 aromatic rings. The summed E-state index contributed by atoms with van der Waals surface area (Å²) in [6.07, 6.45) is 1.65. The van der Waals surface area contributed by atoms with Gasteiger partial charge in [-0.2, -0.15) is 0 Å². The van der Waals surface area contributed by atoms with Gasteiger partial charge in [0, 0.05) is 13.0 Å². The minimum absolute atomic E-state index is 0.00378. The molecule has 0 saturated heterocycles. The Bertz CT molecular complexity index is 655. The van der Waals surface area contributed by atoms with E-state index in [0.717, 1.165) is 29.7 Å². The molecule has 0 aliphatic carbocycles. The van der Waals surface area contributed by atoms with E-state index in [1.807, 2.05) is 48.5 Å². The monoisotopic (exact) mass is 327 g/mol. The molecule has 0 aromatic heterocycles. The van der Waals surface area contributed by atoms with E-state index in [1.165, 1.54) is 0 Å². The summed E-state index contributed by atoms with van der Waals surface area (Å²) in [5.74, 6) is 1.43. The van der Waals surface area contributed by atoms with Crippen LogP contribution in [0.1, 0.15) is 31.4 Å². The van der Waals surface area contributed by atoms with E-state index in [0.29, 0.717) is 12.4 Å². The van der Waals surface area contributed by atoms with Gasteiger partial charge in [-0.25, -0.2) is 0 Å². The highest BCUT2D eigenvalue weighted by molar-refractivity contribution is 5.73. The van der Waals surface area contributed by atoms with Crippen molar-refractivity contribution in [3.63, 3.8) is 0 Å². The maximum atomic E-state index is 11.3. The van der Waals surface area contributed by atoms with Crippen molar-refractivity contribution >= 4 is 5.91 Å². The number of rotatable bonds is 8. The van der Waals surface area contributed by atoms with Crippen LogP contribution >= 0.6 is 0 Å². The molecule has 0 radical (unpaired) electrons. The SMILES string of the molecule is CCC(Cc1ccc(OC)c(OCc2ccccc2)c1)NC(C)=O. The van der Waals surface area contributed by atoms with Gasteiger partial charge < -0.3 is 14.8 Å². The quantitative estimate of drug-likeness (QED) is 0.803. The Morgan fingerprint density at radius 2 is 1.83 bits per heavy atom. The molecule has 4 nitrogen and oxygen atoms in total. The summed E-state index contributed by atoms with van der Waals surface area (Å²) in [4.78, 5) is 11.3. The number of methoxy groups -OCH3 is 1. The lowest BCUT2D eigenvalue weighted by atomic mass is 10.0. The summed E-state index contributed by atoms with van der Waals surface area (Å²) in [6.45, 7) is 4.10. The second kappa shape index (κ2) is 8.96. The van der Waals surface area contributed by atoms with Gasteiger partial charge in [0.15, 0.2) is 11.5 Å². The molecule has 0 aliphatic rings. The van der Waals surface area contributed by atoms with E-state index in [-0.39, 0.29) is 11.9 Å². The molecular weight excluding hydrogens is 302 g/mol. The second-order valence-corrected chi connectivity index (χ2v) is 5.77. The second-order valence-electron chi connectivity index (χ2n) is 5.77. The molecule has 0 fully saturated rings. The van der Waals surface area contributed by atoms with E-state index in [2.05, 4.69) is 12.2 Å². The lowest BCUT2D eigenvalue weighted by Gasteiger charge is -2.17. The van der Waals surface area contributed by atoms with Crippen LogP contribution in [0, 0.1) is 0 Å². The lowest BCUT2D eigenvalue weighted by molar-refractivity contribution is -0.119. The van der Waals surface area contributed by atoms with E-state index in [4.69, 9.17) is 9.47 Å². The molecule has 0 heterocycles. The van der Waals surface area contributed by atoms with E-state index >= 15 is 0 Å². The van der Waals surface area contributed by atoms with Gasteiger partial charge in [0.25, 0.3) is 0 Å². The third-order valence-electron chi connectivity index (χ3n) is 3.85. The molecule has 128 valence electrons. The van der Waals surface area contributed by atoms with Crippen molar-refractivity contribution in [3.8, 4) is 11.5 Å². The van der Waals surface area contributed by atoms with Gasteiger partial charge >= 0.3 is 0 Å². The largest absolute Gasteiger partial charge is 0.493 e. The summed E-state index contributed by atoms with van der Waals surface area (Å²) >= 11 is 0. The summed E-state index contributed by atoms with van der Waals surface area (Å²) in [5, 5.41) is 2.97. The summed E-state index contributed by atoms with van der Waals surface area (Å²) in [6, 6.07) is 16.1. The molecule has 2 aromatic carbocycles. The molecule has 0 spiro atoms. The van der Waals surface area contributed by atoms with E-state index in [9.17, 15) is 4.79 Å². The Labute approximate surface area is 143 Å². The molecule has 1 atom stereocenters. The Morgan fingerprint density at radius 1 is 1.08 bits per heavy atom. The standard InChI is InChI=1S/C20H25NO3/c1-4-18(21-15(2)22)12-17-10-11-19(23-3)20(13-17)24-14-16-8-6-5-7-9-16/h5-11,13,18H,4,12,14H2,1-3H3,(H,21,22). The number of ether oxygens (including phenoxy) is 2. The predicted octanol–water partition coefficient (Wildman–Crippen LogP) is 3.73. The normalized spacial score (nSPS) is 11.6. The zero-order valence-electron chi connectivity index (χ0n) is 14.5. The maximum absolute atomic E-state index is 11.3. The fourth-order valence-corrected chi connectivity index (χ4v) is 2.57. The number of hydrogen-bond acceptors (Lipinski definition) is 3. The molecule has 1 unspecified atom stereocenters. The molecule has 24 heavy (non-hydrogen) atoms. The third-order valence-corrected chi connectivity index (χ3v) is 3.85. The van der Waals surface area contributed by atoms with E-state index < -0.39 is 0 Å². The van der Waals surface area contributed by atoms with Crippen LogP contribution in [-0.2, 0) is 17.8 Å². The van der Waals surface area contributed by atoms with Crippen molar-refractivity contribution < 1.29 is 14.3 Å². The average Bonchev–Trinajstić information content (AvgIpc) is 2.60. The van der Waals surface area contributed by atoms with Gasteiger partial charge in [0.1, 0.15) is 6.61 Å². The fraction of sp³-hybridized carbons (Fsp3) is 0.350. The summed E-state index contributed by atoms with van der Waals surface area (Å²) in [5.41, 5.74) is 2.22. The van der Waals surface area contributed by atoms with Crippen LogP contribution in [0.2, 0.25) is 0 Å². The first-order valence-corrected chi connectivity index (χ1v) is 8.23. The highest BCUT2D eigenvalue weighted by Crippen LogP contribution is 2.29. The fourth-order valence-electron chi connectivity index (χ4n) is 2.57. The van der Waals surface area contributed by atoms with Crippen LogP contribution in [0.25, 0.3) is 0 Å². The van der Waals surface area contributed by atoms with Crippen LogP contribution in [0.4, 0.5) is 0 Å². The Balaban J connectivity index is 2.10. The highest BCUT2D eigenvalue weighted by Gasteiger charge is 2.12. The van der Waals surface area contributed by atoms with Gasteiger partial charge in [-0.05, 0) is 36.1 Å². The molecule has 1 amide bonds. The number of nitrogens with one attached hydrogen (secondary N) is 1. The topological polar surface area (TPSA) is 47.6 Å². The molecule has 0 bridgehead atoms. The molecule has 0 saturated carbocycles. The van der Waals surface area contributed by atoms with Crippen molar-refractivity contribution in [1.82, 2.24) is 5.32 Å². The molecule has 0 aliphatic heterocycles. The first kappa shape index (κ1) is 17.9. The molecule has 2 rings (SSSR count). The number of amides is 1. The van der Waals surface area contributed by atoms with Crippen LogP contribution < -0.4 is 14.8 Å². The zero-order chi connectivity index (χ0) is 17.4. The van der Waals surface area contributed by atoms with Crippen LogP contribution in [0.15, 0.2) is 48.5 Å². The van der Waals surface area contributed by atoms with Gasteiger partial charge in [0.2, 0.25) is 5.91 Å². The van der Waals surface area contributed by atoms with Gasteiger partial charge in [-0.1, -0.05) is 43.3 Å². The number of carbonyl (C=O) groups excluding carboxylic acids is 1. The van der Waals surface area contributed by atoms with Crippen molar-refractivity contribution in [2.24, 2.45) is 0 Å². The van der Waals surface area contributed by atoms with Gasteiger partial charge in [-0.3, -0.25) is 4.79 Å². The minimum Gasteiger partial charge on any atom is -0.493 e. The molecule has 1 N–H and O–H groups in total. The smallest absolute Gasteiger partial charge is 0.217 e. The average molecular weight is 327 g/mol. The van der Waals surface area contributed by atoms with Crippen molar-refractivity contribution in [2.75, 3.05) is 7.11 Å². The molecular formula is C20H25NO3. The molecule has 4 heteroatoms. The van der Waals surface area contributed by atoms with Crippen molar-refractivity contribution in [1.29, 1.82) is 0 Å². The minimum atomic E-state index is -0.00378. The third kappa shape index (κ3) is 5.30. The zero-order valence-corrected chi connectivity index (χ0v) is 14.5. The first-order valence-electron chi connectivity index (χ1n) is 8.23.